The average molecular weight is 335 g/mol. The molecule has 1 aromatic carbocycles. The van der Waals surface area contributed by atoms with Crippen LogP contribution in [0.25, 0.3) is 0 Å². The topological polar surface area (TPSA) is 107 Å². The Bertz CT molecular complexity index is 797. The van der Waals surface area contributed by atoms with E-state index in [9.17, 15) is 18.0 Å². The highest BCUT2D eigenvalue weighted by atomic mass is 32.2. The molecule has 0 aliphatic carbocycles. The summed E-state index contributed by atoms with van der Waals surface area (Å²) in [4.78, 5) is 25.4. The fourth-order valence-electron chi connectivity index (χ4n) is 2.41. The molecule has 1 aliphatic heterocycles. The summed E-state index contributed by atoms with van der Waals surface area (Å²) >= 11 is 0. The standard InChI is InChI=1S/C15H17N3O4S/c1-3-13(19)18-8-7-15(18,2)14(20)17-23(21,22)12-6-4-5-11(9-12)10-16/h4-6,9H,3,7-8H2,1-2H3,(H,17,20). The van der Waals surface area contributed by atoms with Crippen molar-refractivity contribution in [3.05, 3.63) is 29.8 Å². The lowest BCUT2D eigenvalue weighted by Crippen LogP contribution is -2.67. The second kappa shape index (κ2) is 6.01. The van der Waals surface area contributed by atoms with Gasteiger partial charge in [-0.1, -0.05) is 13.0 Å². The molecular weight excluding hydrogens is 318 g/mol. The summed E-state index contributed by atoms with van der Waals surface area (Å²) in [5, 5.41) is 8.83. The summed E-state index contributed by atoms with van der Waals surface area (Å²) in [6.07, 6.45) is 0.651. The highest BCUT2D eigenvalue weighted by Crippen LogP contribution is 2.31. The lowest BCUT2D eigenvalue weighted by molar-refractivity contribution is -0.156. The van der Waals surface area contributed by atoms with Gasteiger partial charge in [0.2, 0.25) is 5.91 Å². The van der Waals surface area contributed by atoms with E-state index in [4.69, 9.17) is 5.26 Å². The van der Waals surface area contributed by atoms with Crippen molar-refractivity contribution in [2.24, 2.45) is 0 Å². The van der Waals surface area contributed by atoms with E-state index >= 15 is 0 Å². The molecule has 2 rings (SSSR count). The smallest absolute Gasteiger partial charge is 0.264 e. The zero-order chi connectivity index (χ0) is 17.3. The van der Waals surface area contributed by atoms with Crippen LogP contribution in [0.2, 0.25) is 0 Å². The number of rotatable bonds is 4. The number of benzene rings is 1. The number of nitrogens with zero attached hydrogens (tertiary/aromatic N) is 2. The second-order valence-corrected chi connectivity index (χ2v) is 7.18. The summed E-state index contributed by atoms with van der Waals surface area (Å²) < 4.78 is 26.6. The van der Waals surface area contributed by atoms with E-state index in [-0.39, 0.29) is 22.8 Å². The molecule has 7 nitrogen and oxygen atoms in total. The maximum absolute atomic E-state index is 12.4. The number of carbonyl (C=O) groups is 2. The van der Waals surface area contributed by atoms with E-state index < -0.39 is 21.5 Å². The molecule has 0 bridgehead atoms. The first-order chi connectivity index (χ1) is 10.7. The van der Waals surface area contributed by atoms with Gasteiger partial charge in [0.25, 0.3) is 15.9 Å². The number of carbonyl (C=O) groups excluding carboxylic acids is 2. The zero-order valence-electron chi connectivity index (χ0n) is 12.9. The van der Waals surface area contributed by atoms with Gasteiger partial charge in [0.1, 0.15) is 5.54 Å². The third-order valence-electron chi connectivity index (χ3n) is 4.01. The van der Waals surface area contributed by atoms with Crippen LogP contribution in [-0.4, -0.2) is 37.2 Å². The van der Waals surface area contributed by atoms with Gasteiger partial charge < -0.3 is 4.90 Å². The van der Waals surface area contributed by atoms with E-state index in [1.165, 1.54) is 29.2 Å². The lowest BCUT2D eigenvalue weighted by atomic mass is 9.85. The molecule has 1 unspecified atom stereocenters. The number of sulfonamides is 1. The molecule has 1 fully saturated rings. The van der Waals surface area contributed by atoms with Gasteiger partial charge in [-0.3, -0.25) is 9.59 Å². The first-order valence-corrected chi connectivity index (χ1v) is 8.61. The number of likely N-dealkylation sites (tertiary alicyclic amines) is 1. The summed E-state index contributed by atoms with van der Waals surface area (Å²) in [5.41, 5.74) is -0.981. The van der Waals surface area contributed by atoms with Crippen molar-refractivity contribution in [1.29, 1.82) is 5.26 Å². The minimum Gasteiger partial charge on any atom is -0.328 e. The first-order valence-electron chi connectivity index (χ1n) is 7.12. The fraction of sp³-hybridized carbons (Fsp3) is 0.400. The average Bonchev–Trinajstić information content (AvgIpc) is 2.52. The van der Waals surface area contributed by atoms with Crippen molar-refractivity contribution in [3.63, 3.8) is 0 Å². The van der Waals surface area contributed by atoms with Crippen molar-refractivity contribution in [2.45, 2.75) is 37.1 Å². The molecule has 23 heavy (non-hydrogen) atoms. The quantitative estimate of drug-likeness (QED) is 0.874. The van der Waals surface area contributed by atoms with E-state index in [1.807, 2.05) is 10.8 Å². The third kappa shape index (κ3) is 3.05. The predicted molar refractivity (Wildman–Crippen MR) is 81.5 cm³/mol. The summed E-state index contributed by atoms with van der Waals surface area (Å²) in [5.74, 6) is -0.939. The number of hydrogen-bond donors (Lipinski definition) is 1. The maximum atomic E-state index is 12.4. The normalized spacial score (nSPS) is 20.3. The van der Waals surface area contributed by atoms with Gasteiger partial charge in [-0.25, -0.2) is 13.1 Å². The van der Waals surface area contributed by atoms with Crippen molar-refractivity contribution in [3.8, 4) is 6.07 Å². The van der Waals surface area contributed by atoms with Gasteiger partial charge in [-0.05, 0) is 31.5 Å². The Morgan fingerprint density at radius 3 is 2.65 bits per heavy atom. The van der Waals surface area contributed by atoms with Crippen molar-refractivity contribution >= 4 is 21.8 Å². The fourth-order valence-corrected chi connectivity index (χ4v) is 3.53. The number of nitriles is 1. The molecule has 1 heterocycles. The molecule has 1 N–H and O–H groups in total. The maximum Gasteiger partial charge on any atom is 0.264 e. The highest BCUT2D eigenvalue weighted by molar-refractivity contribution is 7.90. The molecular formula is C15H17N3O4S. The summed E-state index contributed by atoms with van der Waals surface area (Å²) in [6.45, 7) is 3.66. The van der Waals surface area contributed by atoms with E-state index in [0.717, 1.165) is 0 Å². The van der Waals surface area contributed by atoms with Gasteiger partial charge in [0.05, 0.1) is 16.5 Å². The van der Waals surface area contributed by atoms with Crippen LogP contribution in [0.4, 0.5) is 0 Å². The number of hydrogen-bond acceptors (Lipinski definition) is 5. The van der Waals surface area contributed by atoms with Gasteiger partial charge in [0, 0.05) is 13.0 Å². The Labute approximate surface area is 134 Å². The Hall–Kier alpha value is -2.40. The van der Waals surface area contributed by atoms with Gasteiger partial charge in [0.15, 0.2) is 0 Å². The molecule has 0 saturated carbocycles. The molecule has 8 heteroatoms. The van der Waals surface area contributed by atoms with Crippen LogP contribution in [0, 0.1) is 11.3 Å². The number of nitrogens with one attached hydrogen (secondary N) is 1. The molecule has 2 amide bonds. The van der Waals surface area contributed by atoms with Gasteiger partial charge in [-0.2, -0.15) is 5.26 Å². The summed E-state index contributed by atoms with van der Waals surface area (Å²) in [7, 11) is -4.10. The van der Waals surface area contributed by atoms with Crippen LogP contribution in [0.1, 0.15) is 32.3 Å². The van der Waals surface area contributed by atoms with Crippen LogP contribution in [0.3, 0.4) is 0 Å². The van der Waals surface area contributed by atoms with E-state index in [0.29, 0.717) is 13.0 Å². The van der Waals surface area contributed by atoms with E-state index in [1.54, 1.807) is 13.8 Å². The Morgan fingerprint density at radius 2 is 2.13 bits per heavy atom. The second-order valence-electron chi connectivity index (χ2n) is 5.50. The molecule has 0 aromatic heterocycles. The van der Waals surface area contributed by atoms with Crippen molar-refractivity contribution in [1.82, 2.24) is 9.62 Å². The lowest BCUT2D eigenvalue weighted by Gasteiger charge is -2.48. The zero-order valence-corrected chi connectivity index (χ0v) is 13.7. The first kappa shape index (κ1) is 17.0. The number of amides is 2. The Kier molecular flexibility index (Phi) is 4.43. The van der Waals surface area contributed by atoms with Gasteiger partial charge in [-0.15, -0.1) is 0 Å². The third-order valence-corrected chi connectivity index (χ3v) is 5.34. The van der Waals surface area contributed by atoms with Crippen LogP contribution in [0.15, 0.2) is 29.2 Å². The van der Waals surface area contributed by atoms with Gasteiger partial charge >= 0.3 is 0 Å². The SMILES string of the molecule is CCC(=O)N1CCC1(C)C(=O)NS(=O)(=O)c1cccc(C#N)c1. The minimum absolute atomic E-state index is 0.166. The van der Waals surface area contributed by atoms with Crippen LogP contribution in [-0.2, 0) is 19.6 Å². The molecule has 1 aromatic rings. The Balaban J connectivity index is 2.22. The molecule has 0 spiro atoms. The summed E-state index contributed by atoms with van der Waals surface area (Å²) in [6, 6.07) is 7.23. The van der Waals surface area contributed by atoms with Crippen molar-refractivity contribution in [2.75, 3.05) is 6.54 Å². The molecule has 122 valence electrons. The van der Waals surface area contributed by atoms with Crippen LogP contribution >= 0.6 is 0 Å². The molecule has 0 radical (unpaired) electrons. The monoisotopic (exact) mass is 335 g/mol. The van der Waals surface area contributed by atoms with Crippen LogP contribution in [0.5, 0.6) is 0 Å². The molecule has 1 saturated heterocycles. The van der Waals surface area contributed by atoms with Crippen molar-refractivity contribution < 1.29 is 18.0 Å². The predicted octanol–water partition coefficient (Wildman–Crippen LogP) is 0.764. The molecule has 1 atom stereocenters. The molecule has 1 aliphatic rings. The highest BCUT2D eigenvalue weighted by Gasteiger charge is 2.49. The minimum atomic E-state index is -4.10. The largest absolute Gasteiger partial charge is 0.328 e. The van der Waals surface area contributed by atoms with E-state index in [2.05, 4.69) is 0 Å². The Morgan fingerprint density at radius 1 is 1.43 bits per heavy atom. The van der Waals surface area contributed by atoms with Crippen LogP contribution < -0.4 is 4.72 Å².